The summed E-state index contributed by atoms with van der Waals surface area (Å²) in [5.41, 5.74) is 7.55. The largest absolute Gasteiger partial charge is 0.243 e. The van der Waals surface area contributed by atoms with Gasteiger partial charge in [0.25, 0.3) is 0 Å². The minimum absolute atomic E-state index is 0.948. The van der Waals surface area contributed by atoms with Gasteiger partial charge in [-0.3, -0.25) is 0 Å². The first-order valence-electron chi connectivity index (χ1n) is 9.73. The Morgan fingerprint density at radius 2 is 1.15 bits per heavy atom. The summed E-state index contributed by atoms with van der Waals surface area (Å²) in [6.07, 6.45) is 16.1. The number of benzene rings is 1. The lowest BCUT2D eigenvalue weighted by molar-refractivity contribution is -0.671. The number of aryl methyl sites for hydroxylation is 4. The van der Waals surface area contributed by atoms with E-state index in [0.717, 1.165) is 32.4 Å². The first kappa shape index (κ1) is 18.4. The van der Waals surface area contributed by atoms with Gasteiger partial charge in [0.2, 0.25) is 12.7 Å². The van der Waals surface area contributed by atoms with Gasteiger partial charge in [0, 0.05) is 11.1 Å². The normalized spacial score (nSPS) is 11.3. The van der Waals surface area contributed by atoms with Crippen LogP contribution in [0.4, 0.5) is 0 Å². The zero-order chi connectivity index (χ0) is 18.7. The number of aromatic nitrogens is 4. The molecule has 0 bridgehead atoms. The molecule has 0 fully saturated rings. The van der Waals surface area contributed by atoms with Crippen molar-refractivity contribution in [2.75, 3.05) is 0 Å². The van der Waals surface area contributed by atoms with Crippen LogP contribution in [-0.4, -0.2) is 9.13 Å². The van der Waals surface area contributed by atoms with E-state index in [9.17, 15) is 0 Å². The summed E-state index contributed by atoms with van der Waals surface area (Å²) in [4.78, 5) is 0. The Kier molecular flexibility index (Phi) is 5.60. The van der Waals surface area contributed by atoms with Gasteiger partial charge >= 0.3 is 0 Å². The molecule has 2 aromatic heterocycles. The van der Waals surface area contributed by atoms with E-state index in [0.29, 0.717) is 0 Å². The predicted octanol–water partition coefficient (Wildman–Crippen LogP) is 2.72. The molecule has 4 nitrogen and oxygen atoms in total. The third-order valence-corrected chi connectivity index (χ3v) is 5.30. The zero-order valence-corrected chi connectivity index (χ0v) is 16.9. The second kappa shape index (κ2) is 7.90. The monoisotopic (exact) mass is 352 g/mol. The molecule has 0 amide bonds. The van der Waals surface area contributed by atoms with Gasteiger partial charge < -0.3 is 0 Å². The fourth-order valence-electron chi connectivity index (χ4n) is 3.96. The van der Waals surface area contributed by atoms with Crippen LogP contribution in [-0.2, 0) is 46.4 Å². The minimum Gasteiger partial charge on any atom is -0.240 e. The van der Waals surface area contributed by atoms with E-state index in [1.165, 1.54) is 27.8 Å². The molecule has 1 aromatic carbocycles. The molecule has 0 saturated carbocycles. The first-order chi connectivity index (χ1) is 12.5. The average Bonchev–Trinajstić information content (AvgIpc) is 3.23. The van der Waals surface area contributed by atoms with E-state index in [1.54, 1.807) is 0 Å². The van der Waals surface area contributed by atoms with Gasteiger partial charge in [-0.05, 0) is 36.0 Å². The highest BCUT2D eigenvalue weighted by Gasteiger charge is 2.19. The molecule has 0 unspecified atom stereocenters. The average molecular weight is 353 g/mol. The highest BCUT2D eigenvalue weighted by molar-refractivity contribution is 5.47. The molecule has 0 N–H and O–H groups in total. The standard InChI is InChI=1S/C22H32N4/c1-6-18-13-19(7-2)22(15-26-12-10-24(5)17-26)20(8-3)21(18)14-25-11-9-23(4)16-25/h9-13,16-17H,6-8,14-15H2,1-5H3/q+2. The molecule has 0 spiro atoms. The molecular weight excluding hydrogens is 320 g/mol. The lowest BCUT2D eigenvalue weighted by atomic mass is 9.88. The smallest absolute Gasteiger partial charge is 0.240 e. The Bertz CT molecular complexity index is 817. The van der Waals surface area contributed by atoms with Crippen LogP contribution in [0.2, 0.25) is 0 Å². The van der Waals surface area contributed by atoms with Crippen molar-refractivity contribution in [3.05, 3.63) is 71.3 Å². The maximum absolute atomic E-state index is 2.46. The van der Waals surface area contributed by atoms with E-state index < -0.39 is 0 Å². The third-order valence-electron chi connectivity index (χ3n) is 5.30. The topological polar surface area (TPSA) is 17.6 Å². The summed E-state index contributed by atoms with van der Waals surface area (Å²) in [6.45, 7) is 8.75. The van der Waals surface area contributed by atoms with E-state index in [-0.39, 0.29) is 0 Å². The number of nitrogens with zero attached hydrogens (tertiary/aromatic N) is 4. The van der Waals surface area contributed by atoms with E-state index in [1.807, 2.05) is 0 Å². The first-order valence-corrected chi connectivity index (χ1v) is 9.73. The van der Waals surface area contributed by atoms with Gasteiger partial charge in [-0.1, -0.05) is 26.8 Å². The molecule has 26 heavy (non-hydrogen) atoms. The molecule has 0 aliphatic heterocycles. The van der Waals surface area contributed by atoms with Gasteiger partial charge in [0.15, 0.2) is 0 Å². The van der Waals surface area contributed by atoms with Crippen LogP contribution in [0.1, 0.15) is 48.6 Å². The second-order valence-corrected chi connectivity index (χ2v) is 7.19. The fourth-order valence-corrected chi connectivity index (χ4v) is 3.96. The van der Waals surface area contributed by atoms with Crippen molar-refractivity contribution in [1.29, 1.82) is 0 Å². The van der Waals surface area contributed by atoms with Gasteiger partial charge in [-0.25, -0.2) is 18.3 Å². The molecule has 0 atom stereocenters. The number of imidazole rings is 2. The van der Waals surface area contributed by atoms with Crippen molar-refractivity contribution in [2.45, 2.75) is 53.1 Å². The molecule has 2 heterocycles. The lowest BCUT2D eigenvalue weighted by Gasteiger charge is -2.19. The van der Waals surface area contributed by atoms with Crippen LogP contribution in [0.3, 0.4) is 0 Å². The second-order valence-electron chi connectivity index (χ2n) is 7.19. The fraction of sp³-hybridized carbons (Fsp3) is 0.455. The van der Waals surface area contributed by atoms with E-state index in [4.69, 9.17) is 0 Å². The van der Waals surface area contributed by atoms with Crippen molar-refractivity contribution in [3.8, 4) is 0 Å². The van der Waals surface area contributed by atoms with Crippen LogP contribution in [0.25, 0.3) is 0 Å². The molecule has 0 aliphatic carbocycles. The number of rotatable bonds is 7. The lowest BCUT2D eigenvalue weighted by Crippen LogP contribution is -2.24. The molecule has 3 aromatic rings. The molecule has 0 saturated heterocycles. The predicted molar refractivity (Wildman–Crippen MR) is 104 cm³/mol. The van der Waals surface area contributed by atoms with Crippen LogP contribution >= 0.6 is 0 Å². The summed E-state index contributed by atoms with van der Waals surface area (Å²) >= 11 is 0. The van der Waals surface area contributed by atoms with Gasteiger partial charge in [-0.2, -0.15) is 0 Å². The van der Waals surface area contributed by atoms with Gasteiger partial charge in [0.05, 0.1) is 14.1 Å². The van der Waals surface area contributed by atoms with Crippen LogP contribution in [0.15, 0.2) is 43.5 Å². The maximum atomic E-state index is 2.46. The van der Waals surface area contributed by atoms with E-state index in [2.05, 4.69) is 96.6 Å². The van der Waals surface area contributed by atoms with Crippen molar-refractivity contribution in [3.63, 3.8) is 0 Å². The Hall–Kier alpha value is -2.36. The molecule has 0 radical (unpaired) electrons. The zero-order valence-electron chi connectivity index (χ0n) is 16.9. The number of hydrogen-bond donors (Lipinski definition) is 0. The summed E-state index contributed by atoms with van der Waals surface area (Å²) in [7, 11) is 4.16. The Morgan fingerprint density at radius 3 is 1.46 bits per heavy atom. The van der Waals surface area contributed by atoms with Crippen LogP contribution in [0.5, 0.6) is 0 Å². The SMILES string of the molecule is CCc1cc(CC)c(Cn2cc[n+](C)c2)c(CC)c1Cn1cc[n+](C)c1. The molecule has 0 aliphatic rings. The summed E-state index contributed by atoms with van der Waals surface area (Å²) in [6, 6.07) is 2.46. The Balaban J connectivity index is 2.10. The third kappa shape index (κ3) is 3.74. The Labute approximate surface area is 157 Å². The van der Waals surface area contributed by atoms with Crippen LogP contribution < -0.4 is 9.13 Å². The summed E-state index contributed by atoms with van der Waals surface area (Å²) in [5, 5.41) is 0. The van der Waals surface area contributed by atoms with Gasteiger partial charge in [0.1, 0.15) is 37.9 Å². The molecule has 3 rings (SSSR count). The van der Waals surface area contributed by atoms with Crippen molar-refractivity contribution < 1.29 is 9.13 Å². The van der Waals surface area contributed by atoms with Crippen molar-refractivity contribution in [2.24, 2.45) is 14.1 Å². The van der Waals surface area contributed by atoms with Gasteiger partial charge in [-0.15, -0.1) is 0 Å². The molecule has 138 valence electrons. The van der Waals surface area contributed by atoms with Crippen molar-refractivity contribution in [1.82, 2.24) is 9.13 Å². The number of hydrogen-bond acceptors (Lipinski definition) is 0. The molecule has 4 heteroatoms. The van der Waals surface area contributed by atoms with Crippen molar-refractivity contribution >= 4 is 0 Å². The summed E-state index contributed by atoms with van der Waals surface area (Å²) in [5.74, 6) is 0. The highest BCUT2D eigenvalue weighted by Crippen LogP contribution is 2.27. The summed E-state index contributed by atoms with van der Waals surface area (Å²) < 4.78 is 8.80. The highest BCUT2D eigenvalue weighted by atomic mass is 15.1. The minimum atomic E-state index is 0.948. The van der Waals surface area contributed by atoms with Crippen LogP contribution in [0, 0.1) is 0 Å². The molecular formula is C22H32N4+2. The maximum Gasteiger partial charge on any atom is 0.243 e. The quantitative estimate of drug-likeness (QED) is 0.582. The van der Waals surface area contributed by atoms with E-state index >= 15 is 0 Å². The Morgan fingerprint density at radius 1 is 0.692 bits per heavy atom.